The minimum absolute atomic E-state index is 0.0545. The lowest BCUT2D eigenvalue weighted by Crippen LogP contribution is -2.35. The number of likely N-dealkylation sites (tertiary alicyclic amines) is 1. The average Bonchev–Trinajstić information content (AvgIpc) is 2.83. The lowest BCUT2D eigenvalue weighted by molar-refractivity contribution is -0.121. The van der Waals surface area contributed by atoms with Crippen molar-refractivity contribution in [2.24, 2.45) is 0 Å². The zero-order valence-electron chi connectivity index (χ0n) is 17.8. The Bertz CT molecular complexity index is 1240. The number of aryl methyl sites for hydroxylation is 1. The number of amides is 2. The molecule has 0 saturated carbocycles. The van der Waals surface area contributed by atoms with Crippen LogP contribution in [0.3, 0.4) is 0 Å². The minimum atomic E-state index is -0.532. The van der Waals surface area contributed by atoms with E-state index in [0.29, 0.717) is 23.0 Å². The Hall–Kier alpha value is -3.68. The molecule has 2 heterocycles. The van der Waals surface area contributed by atoms with E-state index in [9.17, 15) is 19.2 Å². The molecule has 1 aliphatic rings. The standard InChI is InChI=1S/C24H26N4O4/c29-21(12-15-28-20-7-3-2-6-19(20)22(30)26-24(28)32)25-16-17-8-10-18(11-9-17)23(31)27-13-4-1-5-14-27/h2-3,6-11H,1,4-5,12-16H2,(H,25,29)(H,26,30,32). The van der Waals surface area contributed by atoms with Gasteiger partial charge in [-0.2, -0.15) is 0 Å². The molecule has 4 rings (SSSR count). The Kier molecular flexibility index (Phi) is 6.49. The fourth-order valence-electron chi connectivity index (χ4n) is 4.01. The van der Waals surface area contributed by atoms with Crippen LogP contribution in [0, 0.1) is 0 Å². The van der Waals surface area contributed by atoms with Crippen LogP contribution in [-0.4, -0.2) is 39.4 Å². The smallest absolute Gasteiger partial charge is 0.328 e. The van der Waals surface area contributed by atoms with Crippen LogP contribution in [0.25, 0.3) is 10.9 Å². The number of aromatic amines is 1. The number of carbonyl (C=O) groups is 2. The van der Waals surface area contributed by atoms with Gasteiger partial charge in [0.2, 0.25) is 5.91 Å². The summed E-state index contributed by atoms with van der Waals surface area (Å²) in [5.74, 6) is -0.153. The number of nitrogens with zero attached hydrogens (tertiary/aromatic N) is 2. The summed E-state index contributed by atoms with van der Waals surface area (Å²) in [5, 5.41) is 3.25. The highest BCUT2D eigenvalue weighted by Crippen LogP contribution is 2.14. The largest absolute Gasteiger partial charge is 0.352 e. The van der Waals surface area contributed by atoms with Crippen LogP contribution >= 0.6 is 0 Å². The van der Waals surface area contributed by atoms with Gasteiger partial charge in [0.1, 0.15) is 0 Å². The second-order valence-corrected chi connectivity index (χ2v) is 8.00. The molecule has 2 N–H and O–H groups in total. The monoisotopic (exact) mass is 434 g/mol. The van der Waals surface area contributed by atoms with Crippen LogP contribution in [0.5, 0.6) is 0 Å². The molecule has 0 unspecified atom stereocenters. The van der Waals surface area contributed by atoms with Gasteiger partial charge < -0.3 is 10.2 Å². The maximum atomic E-state index is 12.5. The van der Waals surface area contributed by atoms with E-state index in [-0.39, 0.29) is 24.8 Å². The number of rotatable bonds is 6. The third-order valence-electron chi connectivity index (χ3n) is 5.80. The van der Waals surface area contributed by atoms with Gasteiger partial charge in [-0.15, -0.1) is 0 Å². The van der Waals surface area contributed by atoms with Gasteiger partial charge >= 0.3 is 5.69 Å². The molecular weight excluding hydrogens is 408 g/mol. The summed E-state index contributed by atoms with van der Waals surface area (Å²) >= 11 is 0. The molecule has 0 radical (unpaired) electrons. The summed E-state index contributed by atoms with van der Waals surface area (Å²) < 4.78 is 1.40. The molecule has 1 aromatic heterocycles. The number of hydrogen-bond acceptors (Lipinski definition) is 4. The molecule has 1 fully saturated rings. The van der Waals surface area contributed by atoms with Crippen molar-refractivity contribution < 1.29 is 9.59 Å². The summed E-state index contributed by atoms with van der Waals surface area (Å²) in [6.07, 6.45) is 3.38. The maximum absolute atomic E-state index is 12.5. The molecule has 8 nitrogen and oxygen atoms in total. The van der Waals surface area contributed by atoms with E-state index >= 15 is 0 Å². The number of nitrogens with one attached hydrogen (secondary N) is 2. The number of H-pyrrole nitrogens is 1. The van der Waals surface area contributed by atoms with E-state index < -0.39 is 11.2 Å². The van der Waals surface area contributed by atoms with Crippen LogP contribution in [0.15, 0.2) is 58.1 Å². The highest BCUT2D eigenvalue weighted by molar-refractivity contribution is 5.94. The normalized spacial score (nSPS) is 13.8. The van der Waals surface area contributed by atoms with E-state index in [0.717, 1.165) is 31.5 Å². The number of benzene rings is 2. The minimum Gasteiger partial charge on any atom is -0.352 e. The summed E-state index contributed by atoms with van der Waals surface area (Å²) in [7, 11) is 0. The van der Waals surface area contributed by atoms with Gasteiger partial charge in [0.05, 0.1) is 10.9 Å². The van der Waals surface area contributed by atoms with Crippen molar-refractivity contribution in [1.29, 1.82) is 0 Å². The molecule has 3 aromatic rings. The van der Waals surface area contributed by atoms with Crippen molar-refractivity contribution in [3.63, 3.8) is 0 Å². The molecule has 0 atom stereocenters. The number of aromatic nitrogens is 2. The van der Waals surface area contributed by atoms with Crippen molar-refractivity contribution in [2.75, 3.05) is 13.1 Å². The first-order chi connectivity index (χ1) is 15.5. The van der Waals surface area contributed by atoms with Crippen molar-refractivity contribution in [3.05, 3.63) is 80.5 Å². The van der Waals surface area contributed by atoms with Gasteiger partial charge in [0, 0.05) is 38.2 Å². The van der Waals surface area contributed by atoms with Crippen molar-refractivity contribution >= 4 is 22.7 Å². The van der Waals surface area contributed by atoms with Crippen LogP contribution < -0.4 is 16.6 Å². The van der Waals surface area contributed by atoms with E-state index in [2.05, 4.69) is 10.3 Å². The third-order valence-corrected chi connectivity index (χ3v) is 5.80. The first-order valence-corrected chi connectivity index (χ1v) is 10.9. The molecule has 1 saturated heterocycles. The van der Waals surface area contributed by atoms with Gasteiger partial charge in [0.15, 0.2) is 0 Å². The Morgan fingerprint density at radius 3 is 2.41 bits per heavy atom. The van der Waals surface area contributed by atoms with Crippen LogP contribution in [-0.2, 0) is 17.9 Å². The highest BCUT2D eigenvalue weighted by atomic mass is 16.2. The van der Waals surface area contributed by atoms with Crippen molar-refractivity contribution in [1.82, 2.24) is 19.8 Å². The lowest BCUT2D eigenvalue weighted by atomic mass is 10.1. The molecule has 2 amide bonds. The molecule has 166 valence electrons. The molecule has 0 bridgehead atoms. The van der Waals surface area contributed by atoms with E-state index in [1.165, 1.54) is 11.0 Å². The van der Waals surface area contributed by atoms with E-state index in [1.54, 1.807) is 36.4 Å². The molecule has 1 aliphatic heterocycles. The fraction of sp³-hybridized carbons (Fsp3) is 0.333. The van der Waals surface area contributed by atoms with E-state index in [4.69, 9.17) is 0 Å². The maximum Gasteiger partial charge on any atom is 0.328 e. The average molecular weight is 434 g/mol. The Balaban J connectivity index is 1.33. The molecular formula is C24H26N4O4. The highest BCUT2D eigenvalue weighted by Gasteiger charge is 2.18. The summed E-state index contributed by atoms with van der Waals surface area (Å²) in [6.45, 7) is 2.11. The second-order valence-electron chi connectivity index (χ2n) is 8.00. The molecule has 0 spiro atoms. The van der Waals surface area contributed by atoms with Gasteiger partial charge in [-0.05, 0) is 49.1 Å². The predicted octanol–water partition coefficient (Wildman–Crippen LogP) is 2.02. The van der Waals surface area contributed by atoms with E-state index in [1.807, 2.05) is 17.0 Å². The van der Waals surface area contributed by atoms with Gasteiger partial charge in [-0.3, -0.25) is 23.9 Å². The number of fused-ring (bicyclic) bond motifs is 1. The molecule has 32 heavy (non-hydrogen) atoms. The van der Waals surface area contributed by atoms with Gasteiger partial charge in [-0.1, -0.05) is 24.3 Å². The fourth-order valence-corrected chi connectivity index (χ4v) is 4.01. The summed E-state index contributed by atoms with van der Waals surface area (Å²) in [4.78, 5) is 53.2. The molecule has 0 aliphatic carbocycles. The molecule has 2 aromatic carbocycles. The zero-order chi connectivity index (χ0) is 22.5. The number of carbonyl (C=O) groups excluding carboxylic acids is 2. The zero-order valence-corrected chi connectivity index (χ0v) is 17.8. The summed E-state index contributed by atoms with van der Waals surface area (Å²) in [5.41, 5.74) is 1.08. The Morgan fingerprint density at radius 2 is 1.66 bits per heavy atom. The van der Waals surface area contributed by atoms with Crippen molar-refractivity contribution in [2.45, 2.75) is 38.8 Å². The Labute approximate surface area is 184 Å². The topological polar surface area (TPSA) is 104 Å². The first kappa shape index (κ1) is 21.5. The third kappa shape index (κ3) is 4.80. The lowest BCUT2D eigenvalue weighted by Gasteiger charge is -2.26. The number of para-hydroxylation sites is 1. The quantitative estimate of drug-likeness (QED) is 0.619. The van der Waals surface area contributed by atoms with Crippen molar-refractivity contribution in [3.8, 4) is 0 Å². The van der Waals surface area contributed by atoms with Crippen LogP contribution in [0.4, 0.5) is 0 Å². The first-order valence-electron chi connectivity index (χ1n) is 10.9. The van der Waals surface area contributed by atoms with Gasteiger partial charge in [-0.25, -0.2) is 4.79 Å². The SMILES string of the molecule is O=C(CCn1c(=O)[nH]c(=O)c2ccccc21)NCc1ccc(C(=O)N2CCCCC2)cc1. The van der Waals surface area contributed by atoms with Crippen LogP contribution in [0.2, 0.25) is 0 Å². The number of hydrogen-bond donors (Lipinski definition) is 2. The second kappa shape index (κ2) is 9.64. The Morgan fingerprint density at radius 1 is 0.938 bits per heavy atom. The summed E-state index contributed by atoms with van der Waals surface area (Å²) in [6, 6.07) is 14.1. The molecule has 8 heteroatoms. The number of piperidine rings is 1. The van der Waals surface area contributed by atoms with Gasteiger partial charge in [0.25, 0.3) is 11.5 Å². The van der Waals surface area contributed by atoms with Crippen LogP contribution in [0.1, 0.15) is 41.6 Å². The predicted molar refractivity (Wildman–Crippen MR) is 121 cm³/mol.